The summed E-state index contributed by atoms with van der Waals surface area (Å²) in [5.74, 6) is -6.83. The highest BCUT2D eigenvalue weighted by Gasteiger charge is 2.56. The molecular weight excluding hydrogens is 588 g/mol. The summed E-state index contributed by atoms with van der Waals surface area (Å²) >= 11 is 0. The number of amides is 1. The Bertz CT molecular complexity index is 1140. The molecule has 0 fully saturated rings. The summed E-state index contributed by atoms with van der Waals surface area (Å²) in [7, 11) is -3.73. The summed E-state index contributed by atoms with van der Waals surface area (Å²) in [5, 5.41) is 21.5. The summed E-state index contributed by atoms with van der Waals surface area (Å²) in [5.41, 5.74) is -3.86. The van der Waals surface area contributed by atoms with Crippen LogP contribution in [0.5, 0.6) is 0 Å². The van der Waals surface area contributed by atoms with Gasteiger partial charge >= 0.3 is 18.3 Å². The van der Waals surface area contributed by atoms with Gasteiger partial charge in [0.15, 0.2) is 0 Å². The quantitative estimate of drug-likeness (QED) is 0.142. The highest BCUT2D eigenvalue weighted by Crippen LogP contribution is 2.39. The van der Waals surface area contributed by atoms with E-state index < -0.39 is 69.3 Å². The summed E-state index contributed by atoms with van der Waals surface area (Å²) in [4.78, 5) is 12.4. The predicted octanol–water partition coefficient (Wildman–Crippen LogP) is 7.17. The van der Waals surface area contributed by atoms with Gasteiger partial charge in [0.1, 0.15) is 15.4 Å². The fraction of sp³-hybridized carbons (Fsp3) is 0.692. The SMILES string of the molecule is C[C@@](O)(CCCCCCCCCCS(=O)(=O)CCCC(F)(F)C(F)(F)F)C(=O)Nc1ccc(C#N)c(C(F)(F)F)c1. The van der Waals surface area contributed by atoms with E-state index in [2.05, 4.69) is 5.32 Å². The Balaban J connectivity index is 2.26. The van der Waals surface area contributed by atoms with Gasteiger partial charge in [0.2, 0.25) is 0 Å². The first-order valence-corrected chi connectivity index (χ1v) is 14.8. The van der Waals surface area contributed by atoms with Crippen molar-refractivity contribution in [3.8, 4) is 6.07 Å². The standard InChI is InChI=1S/C26H34F8N2O4S/c1-23(38,22(37)36-20-12-11-19(18-35)21(17-20)25(29,30)31)13-8-6-4-2-3-5-7-9-15-41(39,40)16-10-14-24(27,28)26(32,33)34/h11-12,17,38H,2-10,13-16H2,1H3,(H,36,37)/t23-/m1/s1. The van der Waals surface area contributed by atoms with Gasteiger partial charge in [-0.3, -0.25) is 4.79 Å². The van der Waals surface area contributed by atoms with Crippen LogP contribution in [0.4, 0.5) is 40.8 Å². The van der Waals surface area contributed by atoms with E-state index in [0.29, 0.717) is 31.7 Å². The molecule has 0 aromatic heterocycles. The number of sulfone groups is 1. The number of carbonyl (C=O) groups is 1. The molecule has 0 spiro atoms. The number of hydrogen-bond acceptors (Lipinski definition) is 5. The molecule has 0 radical (unpaired) electrons. The van der Waals surface area contributed by atoms with Gasteiger partial charge in [-0.2, -0.15) is 40.4 Å². The van der Waals surface area contributed by atoms with E-state index in [0.717, 1.165) is 31.4 Å². The zero-order valence-electron chi connectivity index (χ0n) is 22.5. The molecule has 1 aromatic rings. The number of aliphatic hydroxyl groups is 1. The largest absolute Gasteiger partial charge is 0.453 e. The van der Waals surface area contributed by atoms with Crippen LogP contribution in [-0.4, -0.2) is 48.6 Å². The lowest BCUT2D eigenvalue weighted by Gasteiger charge is -2.22. The molecule has 0 aliphatic carbocycles. The molecule has 15 heteroatoms. The van der Waals surface area contributed by atoms with Crippen molar-refractivity contribution in [1.82, 2.24) is 0 Å². The molecule has 0 saturated heterocycles. The van der Waals surface area contributed by atoms with Crippen LogP contribution >= 0.6 is 0 Å². The summed E-state index contributed by atoms with van der Waals surface area (Å²) < 4.78 is 125. The van der Waals surface area contributed by atoms with Gasteiger partial charge in [0.05, 0.1) is 28.7 Å². The predicted molar refractivity (Wildman–Crippen MR) is 136 cm³/mol. The van der Waals surface area contributed by atoms with Crippen molar-refractivity contribution in [2.45, 2.75) is 101 Å². The van der Waals surface area contributed by atoms with Gasteiger partial charge in [-0.25, -0.2) is 8.42 Å². The number of carbonyl (C=O) groups excluding carboxylic acids is 1. The van der Waals surface area contributed by atoms with Gasteiger partial charge in [-0.1, -0.05) is 44.9 Å². The third-order valence-corrected chi connectivity index (χ3v) is 8.24. The number of unbranched alkanes of at least 4 members (excludes halogenated alkanes) is 7. The molecule has 0 saturated carbocycles. The third kappa shape index (κ3) is 12.9. The Morgan fingerprint density at radius 2 is 1.37 bits per heavy atom. The van der Waals surface area contributed by atoms with Crippen molar-refractivity contribution in [2.75, 3.05) is 16.8 Å². The van der Waals surface area contributed by atoms with Crippen LogP contribution in [0.1, 0.15) is 88.7 Å². The van der Waals surface area contributed by atoms with Crippen molar-refractivity contribution < 1.29 is 53.4 Å². The molecule has 0 aliphatic heterocycles. The first-order chi connectivity index (χ1) is 18.7. The van der Waals surface area contributed by atoms with Crippen LogP contribution in [-0.2, 0) is 20.8 Å². The van der Waals surface area contributed by atoms with Crippen molar-refractivity contribution in [3.63, 3.8) is 0 Å². The smallest absolute Gasteiger partial charge is 0.380 e. The lowest BCUT2D eigenvalue weighted by Crippen LogP contribution is -2.40. The van der Waals surface area contributed by atoms with Crippen LogP contribution in [0.3, 0.4) is 0 Å². The van der Waals surface area contributed by atoms with E-state index in [9.17, 15) is 53.4 Å². The average molecular weight is 623 g/mol. The van der Waals surface area contributed by atoms with Gasteiger partial charge < -0.3 is 10.4 Å². The fourth-order valence-electron chi connectivity index (χ4n) is 3.94. The molecule has 41 heavy (non-hydrogen) atoms. The molecule has 0 bridgehead atoms. The second kappa shape index (κ2) is 15.1. The number of halogens is 8. The molecular formula is C26H34F8N2O4S. The minimum atomic E-state index is -5.70. The van der Waals surface area contributed by atoms with Crippen LogP contribution in [0, 0.1) is 11.3 Å². The first kappa shape index (κ1) is 36.6. The second-order valence-electron chi connectivity index (χ2n) is 10.1. The lowest BCUT2D eigenvalue weighted by molar-refractivity contribution is -0.284. The third-order valence-electron chi connectivity index (χ3n) is 6.42. The summed E-state index contributed by atoms with van der Waals surface area (Å²) in [6.45, 7) is 1.24. The van der Waals surface area contributed by atoms with Crippen LogP contribution < -0.4 is 5.32 Å². The molecule has 0 aliphatic rings. The van der Waals surface area contributed by atoms with Crippen molar-refractivity contribution in [3.05, 3.63) is 29.3 Å². The molecule has 1 atom stereocenters. The first-order valence-electron chi connectivity index (χ1n) is 13.0. The Labute approximate surface area is 234 Å². The maximum Gasteiger partial charge on any atom is 0.453 e. The lowest BCUT2D eigenvalue weighted by atomic mass is 9.96. The minimum Gasteiger partial charge on any atom is -0.380 e. The van der Waals surface area contributed by atoms with Gasteiger partial charge in [0.25, 0.3) is 5.91 Å². The molecule has 1 amide bonds. The number of nitriles is 1. The zero-order chi connectivity index (χ0) is 31.5. The maximum absolute atomic E-state index is 13.1. The Hall–Kier alpha value is -2.47. The molecule has 6 nitrogen and oxygen atoms in total. The number of alkyl halides is 8. The number of hydrogen-bond donors (Lipinski definition) is 2. The van der Waals surface area contributed by atoms with Crippen LogP contribution in [0.2, 0.25) is 0 Å². The number of nitrogens with zero attached hydrogens (tertiary/aromatic N) is 1. The van der Waals surface area contributed by atoms with E-state index in [1.54, 1.807) is 0 Å². The molecule has 234 valence electrons. The van der Waals surface area contributed by atoms with E-state index in [4.69, 9.17) is 5.26 Å². The van der Waals surface area contributed by atoms with E-state index in [1.165, 1.54) is 13.0 Å². The van der Waals surface area contributed by atoms with Crippen molar-refractivity contribution in [1.29, 1.82) is 5.26 Å². The number of rotatable bonds is 17. The molecule has 1 aromatic carbocycles. The van der Waals surface area contributed by atoms with Gasteiger partial charge in [-0.15, -0.1) is 0 Å². The zero-order valence-corrected chi connectivity index (χ0v) is 23.3. The summed E-state index contributed by atoms with van der Waals surface area (Å²) in [6, 6.07) is 4.13. The fourth-order valence-corrected chi connectivity index (χ4v) is 5.38. The minimum absolute atomic E-state index is 0.0496. The average Bonchev–Trinajstić information content (AvgIpc) is 2.83. The second-order valence-corrected chi connectivity index (χ2v) is 12.4. The topological polar surface area (TPSA) is 107 Å². The molecule has 1 rings (SSSR count). The Kier molecular flexibility index (Phi) is 13.5. The molecule has 0 heterocycles. The normalized spacial score (nSPS) is 14.4. The number of nitrogens with one attached hydrogen (secondary N) is 1. The number of benzene rings is 1. The summed E-state index contributed by atoms with van der Waals surface area (Å²) in [6.07, 6.45) is -7.93. The molecule has 0 unspecified atom stereocenters. The number of anilines is 1. The monoisotopic (exact) mass is 622 g/mol. The Morgan fingerprint density at radius 3 is 1.88 bits per heavy atom. The van der Waals surface area contributed by atoms with Gasteiger partial charge in [0, 0.05) is 12.1 Å². The van der Waals surface area contributed by atoms with E-state index in [-0.39, 0.29) is 24.3 Å². The van der Waals surface area contributed by atoms with Crippen LogP contribution in [0.15, 0.2) is 18.2 Å². The maximum atomic E-state index is 13.1. The highest BCUT2D eigenvalue weighted by atomic mass is 32.2. The van der Waals surface area contributed by atoms with E-state index >= 15 is 0 Å². The van der Waals surface area contributed by atoms with Gasteiger partial charge in [-0.05, 0) is 44.4 Å². The van der Waals surface area contributed by atoms with E-state index in [1.807, 2.05) is 0 Å². The van der Waals surface area contributed by atoms with Crippen molar-refractivity contribution in [2.24, 2.45) is 0 Å². The van der Waals surface area contributed by atoms with Crippen molar-refractivity contribution >= 4 is 21.4 Å². The highest BCUT2D eigenvalue weighted by molar-refractivity contribution is 7.91. The van der Waals surface area contributed by atoms with Crippen LogP contribution in [0.25, 0.3) is 0 Å². The molecule has 2 N–H and O–H groups in total. The Morgan fingerprint density at radius 1 is 0.854 bits per heavy atom.